The average Bonchev–Trinajstić information content (AvgIpc) is 3.55. The van der Waals surface area contributed by atoms with Crippen LogP contribution in [0.2, 0.25) is 5.28 Å². The molecule has 0 amide bonds. The van der Waals surface area contributed by atoms with Gasteiger partial charge < -0.3 is 39.5 Å². The van der Waals surface area contributed by atoms with Gasteiger partial charge in [-0.2, -0.15) is 9.97 Å². The largest absolute Gasteiger partial charge is 0.387 e. The van der Waals surface area contributed by atoms with E-state index in [1.807, 2.05) is 30.3 Å². The maximum Gasteiger partial charge on any atom is 0.340 e. The van der Waals surface area contributed by atoms with Crippen molar-refractivity contribution in [1.29, 1.82) is 0 Å². The highest BCUT2D eigenvalue weighted by Gasteiger charge is 2.45. The van der Waals surface area contributed by atoms with Gasteiger partial charge in [0.1, 0.15) is 18.3 Å². The van der Waals surface area contributed by atoms with E-state index in [0.29, 0.717) is 5.52 Å². The lowest BCUT2D eigenvalue weighted by molar-refractivity contribution is -0.0483. The molecule has 0 saturated carbocycles. The summed E-state index contributed by atoms with van der Waals surface area (Å²) in [5.74, 6) is -1.11. The molecule has 1 saturated heterocycles. The van der Waals surface area contributed by atoms with Crippen molar-refractivity contribution in [2.45, 2.75) is 31.0 Å². The highest BCUT2D eigenvalue weighted by molar-refractivity contribution is 7.70. The molecule has 0 spiro atoms. The molecule has 41 heavy (non-hydrogen) atoms. The third-order valence-corrected chi connectivity index (χ3v) is 10.5. The number of ether oxygens (including phenoxy) is 1. The van der Waals surface area contributed by atoms with E-state index >= 15 is 0 Å². The predicted octanol–water partition coefficient (Wildman–Crippen LogP) is 2.75. The minimum absolute atomic E-state index is 0.125. The van der Waals surface area contributed by atoms with Crippen LogP contribution in [0, 0.1) is 0 Å². The molecule has 1 fully saturated rings. The number of aliphatic hydroxyl groups excluding tert-OH is 2. The smallest absolute Gasteiger partial charge is 0.340 e. The zero-order valence-electron chi connectivity index (χ0n) is 21.0. The first kappa shape index (κ1) is 28.4. The Labute approximate surface area is 237 Å². The Bertz CT molecular complexity index is 1750. The first-order chi connectivity index (χ1) is 19.4. The van der Waals surface area contributed by atoms with Crippen LogP contribution in [-0.2, 0) is 24.8 Å². The first-order valence-electron chi connectivity index (χ1n) is 12.3. The summed E-state index contributed by atoms with van der Waals surface area (Å²) in [6.45, 7) is -0.723. The number of imidazole rings is 1. The molecule has 5 atom stereocenters. The van der Waals surface area contributed by atoms with Crippen LogP contribution in [0.4, 0.5) is 11.5 Å². The van der Waals surface area contributed by atoms with Crippen LogP contribution in [0.25, 0.3) is 22.3 Å². The molecule has 2 aliphatic rings. The Morgan fingerprint density at radius 3 is 2.59 bits per heavy atom. The molecule has 4 aromatic rings. The number of aromatic nitrogens is 4. The number of nitrogens with one attached hydrogen (secondary N) is 1. The molecule has 17 heteroatoms. The number of hydrogen-bond donors (Lipinski definition) is 6. The van der Waals surface area contributed by atoms with E-state index in [2.05, 4.69) is 32.4 Å². The van der Waals surface area contributed by atoms with Gasteiger partial charge in [-0.25, -0.2) is 4.98 Å². The van der Waals surface area contributed by atoms with Crippen LogP contribution in [0.3, 0.4) is 0 Å². The lowest BCUT2D eigenvalue weighted by Gasteiger charge is -2.18. The molecule has 0 bridgehead atoms. The summed E-state index contributed by atoms with van der Waals surface area (Å²) in [5.41, 5.74) is 5.91. The fraction of sp³-hybridized carbons (Fsp3) is 0.292. The van der Waals surface area contributed by atoms with Gasteiger partial charge in [-0.15, -0.1) is 0 Å². The highest BCUT2D eigenvalue weighted by Crippen LogP contribution is 2.55. The fourth-order valence-corrected chi connectivity index (χ4v) is 7.80. The number of rotatable bonds is 8. The summed E-state index contributed by atoms with van der Waals surface area (Å²) < 4.78 is 34.9. The molecule has 2 aromatic carbocycles. The predicted molar refractivity (Wildman–Crippen MR) is 147 cm³/mol. The molecular weight excluding hydrogens is 600 g/mol. The molecule has 2 unspecified atom stereocenters. The summed E-state index contributed by atoms with van der Waals surface area (Å²) in [5, 5.41) is 24.3. The molecule has 6 N–H and O–H groups in total. The Hall–Kier alpha value is -2.74. The molecule has 14 nitrogen and oxygen atoms in total. The molecule has 0 radical (unpaired) electrons. The van der Waals surface area contributed by atoms with Crippen molar-refractivity contribution < 1.29 is 43.3 Å². The summed E-state index contributed by atoms with van der Waals surface area (Å²) >= 11 is 6.23. The molecule has 1 aliphatic heterocycles. The number of anilines is 2. The van der Waals surface area contributed by atoms with E-state index in [1.54, 1.807) is 0 Å². The topological polar surface area (TPSA) is 209 Å². The van der Waals surface area contributed by atoms with E-state index in [4.69, 9.17) is 30.6 Å². The van der Waals surface area contributed by atoms with Crippen LogP contribution in [0.1, 0.15) is 17.4 Å². The number of hydrogen-bond acceptors (Lipinski definition) is 10. The van der Waals surface area contributed by atoms with Gasteiger partial charge in [-0.1, -0.05) is 30.3 Å². The summed E-state index contributed by atoms with van der Waals surface area (Å²) in [6, 6.07) is 14.1. The molecule has 216 valence electrons. The SMILES string of the molecule is O=P(O)(O)CP(=O)(O)OC[C@H]1O[C@@H](n2cnc3c(Nc4ccc5c(c4)-c4ccccc4C5)nc(Cl)nc32)C(O)[C@H]1O. The van der Waals surface area contributed by atoms with Crippen molar-refractivity contribution in [1.82, 2.24) is 19.5 Å². The Kier molecular flexibility index (Phi) is 7.28. The second-order valence-electron chi connectivity index (χ2n) is 9.78. The van der Waals surface area contributed by atoms with E-state index in [0.717, 1.165) is 23.2 Å². The molecule has 3 heterocycles. The van der Waals surface area contributed by atoms with Gasteiger partial charge in [0.15, 0.2) is 29.1 Å². The standard InChI is InChI=1S/C24H24ClN5O9P2/c25-24-28-21(27-14-6-5-13-7-12-3-1-2-4-15(12)16(13)8-14)18-22(29-24)30(10-26-18)23-20(32)19(31)17(39-23)9-38-41(36,37)11-40(33,34)35/h1-6,8,10,17,19-20,23,31-32H,7,9,11H2,(H,36,37)(H,27,28,29)(H2,33,34,35)/t17-,19+,20?,23-/m1/s1. The molecule has 1 aliphatic carbocycles. The van der Waals surface area contributed by atoms with Crippen molar-refractivity contribution in [3.8, 4) is 11.1 Å². The van der Waals surface area contributed by atoms with Gasteiger partial charge in [0.2, 0.25) is 5.28 Å². The summed E-state index contributed by atoms with van der Waals surface area (Å²) in [4.78, 5) is 40.5. The monoisotopic (exact) mass is 623 g/mol. The first-order valence-corrected chi connectivity index (χ1v) is 16.2. The van der Waals surface area contributed by atoms with Gasteiger partial charge in [-0.3, -0.25) is 13.7 Å². The second-order valence-corrected chi connectivity index (χ2v) is 14.1. The van der Waals surface area contributed by atoms with E-state index in [1.165, 1.54) is 22.0 Å². The van der Waals surface area contributed by atoms with Crippen molar-refractivity contribution in [3.05, 3.63) is 65.2 Å². The van der Waals surface area contributed by atoms with E-state index < -0.39 is 52.2 Å². The number of aliphatic hydroxyl groups is 2. The van der Waals surface area contributed by atoms with E-state index in [-0.39, 0.29) is 16.7 Å². The van der Waals surface area contributed by atoms with Gasteiger partial charge in [0.25, 0.3) is 0 Å². The van der Waals surface area contributed by atoms with Gasteiger partial charge in [0, 0.05) is 5.69 Å². The Morgan fingerprint density at radius 1 is 1.05 bits per heavy atom. The zero-order valence-corrected chi connectivity index (χ0v) is 23.5. The van der Waals surface area contributed by atoms with Gasteiger partial charge in [-0.05, 0) is 52.4 Å². The van der Waals surface area contributed by atoms with Crippen molar-refractivity contribution in [3.63, 3.8) is 0 Å². The minimum Gasteiger partial charge on any atom is -0.387 e. The number of nitrogens with zero attached hydrogens (tertiary/aromatic N) is 4. The van der Waals surface area contributed by atoms with Crippen LogP contribution < -0.4 is 5.32 Å². The zero-order chi connectivity index (χ0) is 29.1. The third kappa shape index (κ3) is 5.69. The van der Waals surface area contributed by atoms with Crippen LogP contribution in [0.15, 0.2) is 48.8 Å². The third-order valence-electron chi connectivity index (χ3n) is 6.87. The lowest BCUT2D eigenvalue weighted by Crippen LogP contribution is -2.33. The van der Waals surface area contributed by atoms with Gasteiger partial charge in [0.05, 0.1) is 12.9 Å². The minimum atomic E-state index is -4.84. The summed E-state index contributed by atoms with van der Waals surface area (Å²) in [7, 11) is -9.55. The van der Waals surface area contributed by atoms with Crippen molar-refractivity contribution in [2.75, 3.05) is 17.8 Å². The Morgan fingerprint density at radius 2 is 1.80 bits per heavy atom. The van der Waals surface area contributed by atoms with Crippen LogP contribution in [0.5, 0.6) is 0 Å². The normalized spacial score (nSPS) is 23.4. The second kappa shape index (κ2) is 10.5. The quantitative estimate of drug-likeness (QED) is 0.109. The summed E-state index contributed by atoms with van der Waals surface area (Å²) in [6.07, 6.45) is -3.51. The van der Waals surface area contributed by atoms with Gasteiger partial charge >= 0.3 is 15.2 Å². The molecular formula is C24H24ClN5O9P2. The fourth-order valence-electron chi connectivity index (χ4n) is 5.06. The van der Waals surface area contributed by atoms with Crippen LogP contribution in [-0.4, -0.2) is 75.2 Å². The number of benzene rings is 2. The average molecular weight is 624 g/mol. The number of fused-ring (bicyclic) bond motifs is 4. The van der Waals surface area contributed by atoms with Crippen molar-refractivity contribution in [2.24, 2.45) is 0 Å². The molecule has 6 rings (SSSR count). The maximum atomic E-state index is 12.0. The maximum absolute atomic E-state index is 12.0. The highest BCUT2D eigenvalue weighted by atomic mass is 35.5. The van der Waals surface area contributed by atoms with Crippen molar-refractivity contribution >= 4 is 49.5 Å². The number of halogens is 1. The Balaban J connectivity index is 1.24. The van der Waals surface area contributed by atoms with E-state index in [9.17, 15) is 24.2 Å². The lowest BCUT2D eigenvalue weighted by atomic mass is 10.1. The van der Waals surface area contributed by atoms with Crippen LogP contribution >= 0.6 is 26.8 Å². The molecule has 2 aromatic heterocycles.